The van der Waals surface area contributed by atoms with Crippen molar-refractivity contribution in [3.05, 3.63) is 29.8 Å². The number of nitrogens with zero attached hydrogens (tertiary/aromatic N) is 1. The molecule has 1 heterocycles. The summed E-state index contributed by atoms with van der Waals surface area (Å²) in [6, 6.07) is 0.928. The second-order valence-corrected chi connectivity index (χ2v) is 24.8. The van der Waals surface area contributed by atoms with Gasteiger partial charge in [-0.3, -0.25) is 43.2 Å². The number of rotatable bonds is 33. The second-order valence-electron chi connectivity index (χ2n) is 24.8. The molecule has 5 N–H and O–H groups in total. The molecular weight excluding hydrogens is 997 g/mol. The largest absolute Gasteiger partial charge is 0.488 e. The number of ketones is 3. The number of unbranched alkanes of at least 4 members (excludes halogenated alkanes) is 6. The average Bonchev–Trinajstić information content (AvgIpc) is 3.82. The Morgan fingerprint density at radius 1 is 0.654 bits per heavy atom. The number of carbonyl (C=O) groups is 9. The van der Waals surface area contributed by atoms with Gasteiger partial charge in [-0.15, -0.1) is 0 Å². The summed E-state index contributed by atoms with van der Waals surface area (Å²) in [5.41, 5.74) is -1.31. The van der Waals surface area contributed by atoms with Crippen LogP contribution in [0.25, 0.3) is 0 Å². The molecule has 1 aromatic rings. The molecule has 6 amide bonds. The molecular formula is C60H100N6O12. The van der Waals surface area contributed by atoms with Crippen molar-refractivity contribution in [1.29, 1.82) is 0 Å². The number of likely N-dealkylation sites (tertiary alicyclic amines) is 1. The van der Waals surface area contributed by atoms with E-state index in [2.05, 4.69) is 33.5 Å². The molecule has 0 saturated carbocycles. The van der Waals surface area contributed by atoms with Gasteiger partial charge >= 0.3 is 0 Å². The molecule has 0 aliphatic carbocycles. The predicted molar refractivity (Wildman–Crippen MR) is 302 cm³/mol. The van der Waals surface area contributed by atoms with Crippen molar-refractivity contribution in [3.63, 3.8) is 0 Å². The highest BCUT2D eigenvalue weighted by molar-refractivity contribution is 6.38. The van der Waals surface area contributed by atoms with Gasteiger partial charge in [-0.1, -0.05) is 78.4 Å². The Morgan fingerprint density at radius 3 is 1.76 bits per heavy atom. The molecule has 3 unspecified atom stereocenters. The number of nitrogens with one attached hydrogen (secondary N) is 5. The molecule has 1 aromatic carbocycles. The standard InChI is InChI=1S/C60H100N6O12/c1-18-19-20-21-22-23-24-26-44(67)36-43(33-37(2)3)53(71)65-50(41(7)77-59(11,12)13)57(75)66-32-25-27-47(66)55(73)64-49(40(6)76-58(8,9)10)48(68)34-38(4)52(70)63-46(54(72)62-39(5)51(69)56(74)61-17)35-42-28-30-45(31-29-42)78-60(14,15)16/h28-31,37-41,43,46-47,49-50H,18-27,32-36H2,1-17H3,(H,61,74)(H,62,72)(H,63,70)(H,64,73)(H,65,71)/t38-,39?,40?,41?,43-,46+,47-,49+,50+/m1/s1. The number of amides is 6. The van der Waals surface area contributed by atoms with Gasteiger partial charge in [0.15, 0.2) is 5.78 Å². The maximum Gasteiger partial charge on any atom is 0.289 e. The van der Waals surface area contributed by atoms with Gasteiger partial charge < -0.3 is 45.7 Å². The van der Waals surface area contributed by atoms with E-state index >= 15 is 0 Å². The number of benzene rings is 1. The van der Waals surface area contributed by atoms with E-state index in [1.165, 1.54) is 38.6 Å². The van der Waals surface area contributed by atoms with Gasteiger partial charge in [-0.2, -0.15) is 0 Å². The normalized spacial score (nSPS) is 17.1. The molecule has 78 heavy (non-hydrogen) atoms. The van der Waals surface area contributed by atoms with E-state index in [-0.39, 0.29) is 37.5 Å². The second kappa shape index (κ2) is 32.1. The number of likely N-dealkylation sites (N-methyl/N-ethyl adjacent to an activating group) is 1. The highest BCUT2D eigenvalue weighted by atomic mass is 16.5. The Kier molecular flexibility index (Phi) is 28.4. The predicted octanol–water partition coefficient (Wildman–Crippen LogP) is 7.44. The molecule has 442 valence electrons. The summed E-state index contributed by atoms with van der Waals surface area (Å²) in [5.74, 6) is -6.39. The maximum absolute atomic E-state index is 14.9. The lowest BCUT2D eigenvalue weighted by molar-refractivity contribution is -0.150. The Morgan fingerprint density at radius 2 is 1.22 bits per heavy atom. The fourth-order valence-electron chi connectivity index (χ4n) is 9.63. The highest BCUT2D eigenvalue weighted by Gasteiger charge is 2.43. The molecule has 1 aliphatic rings. The third-order valence-electron chi connectivity index (χ3n) is 13.3. The first-order valence-corrected chi connectivity index (χ1v) is 28.6. The van der Waals surface area contributed by atoms with E-state index in [9.17, 15) is 43.2 Å². The van der Waals surface area contributed by atoms with Gasteiger partial charge in [-0.25, -0.2) is 0 Å². The van der Waals surface area contributed by atoms with Crippen LogP contribution in [0.4, 0.5) is 0 Å². The van der Waals surface area contributed by atoms with E-state index in [4.69, 9.17) is 14.2 Å². The minimum Gasteiger partial charge on any atom is -0.488 e. The molecule has 2 rings (SSSR count). The van der Waals surface area contributed by atoms with Gasteiger partial charge in [0.1, 0.15) is 41.3 Å². The molecule has 1 saturated heterocycles. The van der Waals surface area contributed by atoms with Gasteiger partial charge in [0.25, 0.3) is 5.91 Å². The summed E-state index contributed by atoms with van der Waals surface area (Å²) in [6.45, 7) is 29.2. The lowest BCUT2D eigenvalue weighted by Crippen LogP contribution is -2.60. The Bertz CT molecular complexity index is 2140. The summed E-state index contributed by atoms with van der Waals surface area (Å²) in [4.78, 5) is 126. The maximum atomic E-state index is 14.9. The SMILES string of the molecule is CCCCCCCCCC(=O)C[C@@H](CC(C)C)C(=O)N[C@H](C(=O)N1CCC[C@@H]1C(=O)N[C@H](C(=O)C[C@@H](C)C(=O)N[C@@H](Cc1ccc(OC(C)(C)C)cc1)C(=O)NC(C)C(=O)C(=O)NC)C(C)OC(C)(C)C)C(C)OC(C)(C)C. The van der Waals surface area contributed by atoms with Crippen molar-refractivity contribution in [2.75, 3.05) is 13.6 Å². The van der Waals surface area contributed by atoms with Crippen LogP contribution in [0.2, 0.25) is 0 Å². The van der Waals surface area contributed by atoms with Crippen LogP contribution in [0.5, 0.6) is 5.75 Å². The van der Waals surface area contributed by atoms with Crippen LogP contribution in [-0.4, -0.2) is 131 Å². The van der Waals surface area contributed by atoms with Crippen LogP contribution in [0, 0.1) is 17.8 Å². The lowest BCUT2D eigenvalue weighted by Gasteiger charge is -2.36. The van der Waals surface area contributed by atoms with Crippen molar-refractivity contribution < 1.29 is 57.4 Å². The minimum atomic E-state index is -1.29. The molecule has 0 radical (unpaired) electrons. The molecule has 18 heteroatoms. The van der Waals surface area contributed by atoms with E-state index < -0.39 is 124 Å². The van der Waals surface area contributed by atoms with Crippen LogP contribution < -0.4 is 31.3 Å². The zero-order valence-corrected chi connectivity index (χ0v) is 50.5. The van der Waals surface area contributed by atoms with E-state index in [0.29, 0.717) is 30.6 Å². The fraction of sp³-hybridized carbons (Fsp3) is 0.750. The Hall–Kier alpha value is -5.23. The number of hydrogen-bond acceptors (Lipinski definition) is 12. The zero-order valence-electron chi connectivity index (χ0n) is 50.5. The van der Waals surface area contributed by atoms with Gasteiger partial charge in [0.05, 0.1) is 29.5 Å². The van der Waals surface area contributed by atoms with Crippen molar-refractivity contribution in [2.24, 2.45) is 17.8 Å². The van der Waals surface area contributed by atoms with Crippen LogP contribution in [-0.2, 0) is 59.0 Å². The lowest BCUT2D eigenvalue weighted by atomic mass is 9.90. The van der Waals surface area contributed by atoms with Crippen molar-refractivity contribution in [1.82, 2.24) is 31.5 Å². The Labute approximate surface area is 466 Å². The van der Waals surface area contributed by atoms with Crippen LogP contribution in [0.15, 0.2) is 24.3 Å². The van der Waals surface area contributed by atoms with Crippen molar-refractivity contribution in [2.45, 2.75) is 260 Å². The number of Topliss-reactive ketones (excluding diaryl/α,β-unsaturated/α-hetero) is 3. The van der Waals surface area contributed by atoms with Crippen molar-refractivity contribution >= 4 is 52.8 Å². The van der Waals surface area contributed by atoms with Crippen LogP contribution >= 0.6 is 0 Å². The summed E-state index contributed by atoms with van der Waals surface area (Å²) >= 11 is 0. The smallest absolute Gasteiger partial charge is 0.289 e. The van der Waals surface area contributed by atoms with Gasteiger partial charge in [0, 0.05) is 51.1 Å². The van der Waals surface area contributed by atoms with Gasteiger partial charge in [0.2, 0.25) is 35.3 Å². The monoisotopic (exact) mass is 1100 g/mol. The number of ether oxygens (including phenoxy) is 3. The molecule has 1 aliphatic heterocycles. The molecule has 18 nitrogen and oxygen atoms in total. The molecule has 0 spiro atoms. The van der Waals surface area contributed by atoms with Crippen LogP contribution in [0.1, 0.15) is 200 Å². The zero-order chi connectivity index (χ0) is 59.3. The topological polar surface area (TPSA) is 245 Å². The van der Waals surface area contributed by atoms with E-state index in [1.807, 2.05) is 55.4 Å². The average molecular weight is 1100 g/mol. The first kappa shape index (κ1) is 68.9. The quantitative estimate of drug-likeness (QED) is 0.0341. The highest BCUT2D eigenvalue weighted by Crippen LogP contribution is 2.26. The summed E-state index contributed by atoms with van der Waals surface area (Å²) in [7, 11) is 1.29. The molecule has 1 fully saturated rings. The summed E-state index contributed by atoms with van der Waals surface area (Å²) < 4.78 is 18.5. The minimum absolute atomic E-state index is 0.00618. The first-order chi connectivity index (χ1) is 36.2. The van der Waals surface area contributed by atoms with Crippen LogP contribution in [0.3, 0.4) is 0 Å². The third-order valence-corrected chi connectivity index (χ3v) is 13.3. The van der Waals surface area contributed by atoms with Gasteiger partial charge in [-0.05, 0) is 132 Å². The Balaban J connectivity index is 2.41. The summed E-state index contributed by atoms with van der Waals surface area (Å²) in [6.07, 6.45) is 6.88. The molecule has 9 atom stereocenters. The first-order valence-electron chi connectivity index (χ1n) is 28.6. The van der Waals surface area contributed by atoms with E-state index in [0.717, 1.165) is 32.1 Å². The van der Waals surface area contributed by atoms with E-state index in [1.54, 1.807) is 58.9 Å². The fourth-order valence-corrected chi connectivity index (χ4v) is 9.63. The molecule has 0 bridgehead atoms. The summed E-state index contributed by atoms with van der Waals surface area (Å²) in [5, 5.41) is 13.4. The molecule has 0 aromatic heterocycles. The van der Waals surface area contributed by atoms with Crippen molar-refractivity contribution in [3.8, 4) is 5.75 Å². The third kappa shape index (κ3) is 25.3. The number of carbonyl (C=O) groups excluding carboxylic acids is 9. The number of hydrogen-bond donors (Lipinski definition) is 5.